The van der Waals surface area contributed by atoms with Gasteiger partial charge in [-0.1, -0.05) is 0 Å². The first-order chi connectivity index (χ1) is 10.5. The smallest absolute Gasteiger partial charge is 0.310 e. The second kappa shape index (κ2) is 6.76. The lowest BCUT2D eigenvalue weighted by Gasteiger charge is -2.00. The summed E-state index contributed by atoms with van der Waals surface area (Å²) in [6, 6.07) is 5.30. The van der Waals surface area contributed by atoms with Crippen molar-refractivity contribution in [3.8, 4) is 5.75 Å². The summed E-state index contributed by atoms with van der Waals surface area (Å²) in [7, 11) is 0. The molecule has 0 bridgehead atoms. The molecule has 0 unspecified atom stereocenters. The van der Waals surface area contributed by atoms with Gasteiger partial charge in [0.15, 0.2) is 5.75 Å². The van der Waals surface area contributed by atoms with Crippen molar-refractivity contribution in [1.29, 1.82) is 0 Å². The van der Waals surface area contributed by atoms with Crippen LogP contribution in [0.1, 0.15) is 15.9 Å². The van der Waals surface area contributed by atoms with Gasteiger partial charge in [0.05, 0.1) is 16.7 Å². The van der Waals surface area contributed by atoms with Crippen LogP contribution in [0, 0.1) is 10.1 Å². The standard InChI is InChI=1S/C13H9BrN4O4/c14-10-4-9(6-15-7-10)13(20)17-16-5-8-1-2-11(18(21)22)12(19)3-8/h1-7,19H,(H,17,20)/b16-5-. The molecule has 1 heterocycles. The number of nitro benzene ring substituents is 1. The van der Waals surface area contributed by atoms with Crippen molar-refractivity contribution in [1.82, 2.24) is 10.4 Å². The number of hydrogen-bond donors (Lipinski definition) is 2. The van der Waals surface area contributed by atoms with Crippen molar-refractivity contribution < 1.29 is 14.8 Å². The number of carbonyl (C=O) groups is 1. The minimum absolute atomic E-state index is 0.318. The Morgan fingerprint density at radius 2 is 2.18 bits per heavy atom. The number of phenols is 1. The van der Waals surface area contributed by atoms with E-state index in [0.717, 1.165) is 6.07 Å². The van der Waals surface area contributed by atoms with Crippen molar-refractivity contribution in [2.24, 2.45) is 5.10 Å². The molecular formula is C13H9BrN4O4. The van der Waals surface area contributed by atoms with E-state index in [2.05, 4.69) is 31.4 Å². The van der Waals surface area contributed by atoms with Crippen molar-refractivity contribution in [2.45, 2.75) is 0 Å². The highest BCUT2D eigenvalue weighted by Crippen LogP contribution is 2.25. The minimum Gasteiger partial charge on any atom is -0.502 e. The SMILES string of the molecule is O=C(N/N=C\c1ccc([N+](=O)[O-])c(O)c1)c1cncc(Br)c1. The number of pyridine rings is 1. The molecule has 0 aliphatic rings. The van der Waals surface area contributed by atoms with Crippen LogP contribution in [-0.2, 0) is 0 Å². The molecule has 1 aromatic heterocycles. The summed E-state index contributed by atoms with van der Waals surface area (Å²) in [6.07, 6.45) is 4.18. The van der Waals surface area contributed by atoms with Gasteiger partial charge in [0.2, 0.25) is 0 Å². The van der Waals surface area contributed by atoms with Gasteiger partial charge in [0, 0.05) is 22.9 Å². The summed E-state index contributed by atoms with van der Waals surface area (Å²) in [5, 5.41) is 23.8. The van der Waals surface area contributed by atoms with Gasteiger partial charge in [-0.2, -0.15) is 5.10 Å². The van der Waals surface area contributed by atoms with Crippen LogP contribution in [0.15, 0.2) is 46.2 Å². The molecule has 0 saturated carbocycles. The molecule has 0 atom stereocenters. The quantitative estimate of drug-likeness (QED) is 0.489. The average Bonchev–Trinajstić information content (AvgIpc) is 2.46. The summed E-state index contributed by atoms with van der Waals surface area (Å²) in [5.41, 5.74) is 2.60. The second-order valence-electron chi connectivity index (χ2n) is 4.10. The molecule has 0 aliphatic carbocycles. The zero-order valence-electron chi connectivity index (χ0n) is 10.9. The predicted octanol–water partition coefficient (Wildman–Crippen LogP) is 2.22. The zero-order chi connectivity index (χ0) is 16.1. The molecule has 1 aromatic carbocycles. The fourth-order valence-electron chi connectivity index (χ4n) is 1.54. The lowest BCUT2D eigenvalue weighted by atomic mass is 10.2. The van der Waals surface area contributed by atoms with E-state index in [1.54, 1.807) is 12.3 Å². The molecule has 0 fully saturated rings. The summed E-state index contributed by atoms with van der Waals surface area (Å²) in [6.45, 7) is 0. The van der Waals surface area contributed by atoms with Crippen molar-refractivity contribution >= 4 is 33.7 Å². The number of nitro groups is 1. The summed E-state index contributed by atoms with van der Waals surface area (Å²) in [5.74, 6) is -0.937. The van der Waals surface area contributed by atoms with E-state index in [0.29, 0.717) is 15.6 Å². The van der Waals surface area contributed by atoms with Crippen LogP contribution in [0.4, 0.5) is 5.69 Å². The van der Waals surface area contributed by atoms with Crippen LogP contribution < -0.4 is 5.43 Å². The van der Waals surface area contributed by atoms with Gasteiger partial charge in [-0.15, -0.1) is 0 Å². The minimum atomic E-state index is -0.696. The largest absolute Gasteiger partial charge is 0.502 e. The van der Waals surface area contributed by atoms with Gasteiger partial charge >= 0.3 is 5.69 Å². The van der Waals surface area contributed by atoms with Gasteiger partial charge in [-0.3, -0.25) is 19.9 Å². The van der Waals surface area contributed by atoms with Gasteiger partial charge < -0.3 is 5.11 Å². The predicted molar refractivity (Wildman–Crippen MR) is 81.8 cm³/mol. The number of hydrazone groups is 1. The Hall–Kier alpha value is -2.81. The molecule has 0 radical (unpaired) electrons. The highest BCUT2D eigenvalue weighted by molar-refractivity contribution is 9.10. The topological polar surface area (TPSA) is 118 Å². The van der Waals surface area contributed by atoms with Crippen LogP contribution >= 0.6 is 15.9 Å². The third kappa shape index (κ3) is 3.85. The maximum Gasteiger partial charge on any atom is 0.310 e. The van der Waals surface area contributed by atoms with Crippen molar-refractivity contribution in [2.75, 3.05) is 0 Å². The number of carbonyl (C=O) groups excluding carboxylic acids is 1. The molecule has 1 amide bonds. The Balaban J connectivity index is 2.05. The van der Waals surface area contributed by atoms with Crippen LogP contribution in [0.25, 0.3) is 0 Å². The first kappa shape index (κ1) is 15.6. The fourth-order valence-corrected chi connectivity index (χ4v) is 1.91. The van der Waals surface area contributed by atoms with Crippen LogP contribution in [-0.4, -0.2) is 27.1 Å². The maximum atomic E-state index is 11.8. The van der Waals surface area contributed by atoms with Gasteiger partial charge in [-0.05, 0) is 39.7 Å². The average molecular weight is 365 g/mol. The Kier molecular flexibility index (Phi) is 4.79. The number of phenolic OH excluding ortho intramolecular Hbond substituents is 1. The molecule has 0 saturated heterocycles. The lowest BCUT2D eigenvalue weighted by Crippen LogP contribution is -2.17. The normalized spacial score (nSPS) is 10.6. The lowest BCUT2D eigenvalue weighted by molar-refractivity contribution is -0.385. The number of aromatic nitrogens is 1. The molecular weight excluding hydrogens is 356 g/mol. The zero-order valence-corrected chi connectivity index (χ0v) is 12.5. The molecule has 2 aromatic rings. The Bertz CT molecular complexity index is 763. The molecule has 8 nitrogen and oxygen atoms in total. The summed E-state index contributed by atoms with van der Waals surface area (Å²) >= 11 is 3.20. The Morgan fingerprint density at radius 3 is 2.82 bits per heavy atom. The number of nitrogens with one attached hydrogen (secondary N) is 1. The summed E-state index contributed by atoms with van der Waals surface area (Å²) in [4.78, 5) is 25.5. The van der Waals surface area contributed by atoms with E-state index >= 15 is 0 Å². The molecule has 9 heteroatoms. The molecule has 0 spiro atoms. The van der Waals surface area contributed by atoms with Gasteiger partial charge in [0.25, 0.3) is 5.91 Å². The van der Waals surface area contributed by atoms with Crippen LogP contribution in [0.2, 0.25) is 0 Å². The molecule has 112 valence electrons. The number of aromatic hydroxyl groups is 1. The Labute approximate surface area is 132 Å². The number of amides is 1. The number of nitrogens with zero attached hydrogens (tertiary/aromatic N) is 3. The van der Waals surface area contributed by atoms with E-state index in [9.17, 15) is 20.0 Å². The van der Waals surface area contributed by atoms with Gasteiger partial charge in [0.1, 0.15) is 0 Å². The third-order valence-corrected chi connectivity index (χ3v) is 2.98. The Morgan fingerprint density at radius 1 is 1.41 bits per heavy atom. The second-order valence-corrected chi connectivity index (χ2v) is 5.01. The number of benzene rings is 1. The molecule has 2 N–H and O–H groups in total. The molecule has 0 aliphatic heterocycles. The van der Waals surface area contributed by atoms with Crippen LogP contribution in [0.3, 0.4) is 0 Å². The van der Waals surface area contributed by atoms with Crippen molar-refractivity contribution in [3.63, 3.8) is 0 Å². The van der Waals surface area contributed by atoms with E-state index in [4.69, 9.17) is 0 Å². The number of halogens is 1. The van der Waals surface area contributed by atoms with E-state index in [-0.39, 0.29) is 0 Å². The van der Waals surface area contributed by atoms with E-state index in [1.807, 2.05) is 0 Å². The van der Waals surface area contributed by atoms with E-state index in [1.165, 1.54) is 24.5 Å². The third-order valence-electron chi connectivity index (χ3n) is 2.54. The number of hydrogen-bond acceptors (Lipinski definition) is 6. The summed E-state index contributed by atoms with van der Waals surface area (Å²) < 4.78 is 0.657. The highest BCUT2D eigenvalue weighted by Gasteiger charge is 2.12. The first-order valence-corrected chi connectivity index (χ1v) is 6.68. The highest BCUT2D eigenvalue weighted by atomic mass is 79.9. The fraction of sp³-hybridized carbons (Fsp3) is 0. The van der Waals surface area contributed by atoms with Gasteiger partial charge in [-0.25, -0.2) is 5.43 Å². The molecule has 22 heavy (non-hydrogen) atoms. The van der Waals surface area contributed by atoms with E-state index < -0.39 is 22.3 Å². The first-order valence-electron chi connectivity index (χ1n) is 5.89. The maximum absolute atomic E-state index is 11.8. The van der Waals surface area contributed by atoms with Crippen LogP contribution in [0.5, 0.6) is 5.75 Å². The monoisotopic (exact) mass is 364 g/mol. The van der Waals surface area contributed by atoms with Crippen molar-refractivity contribution in [3.05, 3.63) is 62.4 Å². The number of rotatable bonds is 4. The molecule has 2 rings (SSSR count).